The fourth-order valence-corrected chi connectivity index (χ4v) is 5.63. The predicted octanol–water partition coefficient (Wildman–Crippen LogP) is 4.40. The molecule has 0 aliphatic heterocycles. The van der Waals surface area contributed by atoms with E-state index in [9.17, 15) is 9.90 Å². The van der Waals surface area contributed by atoms with Gasteiger partial charge in [0.1, 0.15) is 18.0 Å². The van der Waals surface area contributed by atoms with Crippen molar-refractivity contribution < 1.29 is 14.6 Å². The number of benzene rings is 1. The largest absolute Gasteiger partial charge is 0.488 e. The molecule has 158 valence electrons. The number of fused-ring (bicyclic) bond motifs is 1. The van der Waals surface area contributed by atoms with Gasteiger partial charge in [-0.25, -0.2) is 0 Å². The SMILES string of the molecule is Cc1cc(C)cc(O[C@@H]2CC[C@@H](NCC3CCc4sc(C)cc4C3=O)[C@H]2O)c1.Cl. The van der Waals surface area contributed by atoms with Crippen molar-refractivity contribution in [1.82, 2.24) is 5.32 Å². The van der Waals surface area contributed by atoms with E-state index in [4.69, 9.17) is 4.74 Å². The highest BCUT2D eigenvalue weighted by atomic mass is 35.5. The lowest BCUT2D eigenvalue weighted by atomic mass is 9.87. The summed E-state index contributed by atoms with van der Waals surface area (Å²) in [6.45, 7) is 6.80. The van der Waals surface area contributed by atoms with Gasteiger partial charge in [0.15, 0.2) is 5.78 Å². The topological polar surface area (TPSA) is 58.6 Å². The first-order valence-corrected chi connectivity index (χ1v) is 11.0. The van der Waals surface area contributed by atoms with E-state index < -0.39 is 6.10 Å². The first-order valence-electron chi connectivity index (χ1n) is 10.2. The number of hydrogen-bond donors (Lipinski definition) is 2. The van der Waals surface area contributed by atoms with Gasteiger partial charge >= 0.3 is 0 Å². The van der Waals surface area contributed by atoms with E-state index in [0.29, 0.717) is 6.54 Å². The molecule has 4 atom stereocenters. The van der Waals surface area contributed by atoms with Crippen molar-refractivity contribution in [2.75, 3.05) is 6.54 Å². The van der Waals surface area contributed by atoms with Crippen molar-refractivity contribution in [2.24, 2.45) is 5.92 Å². The molecule has 0 radical (unpaired) electrons. The molecule has 0 bridgehead atoms. The van der Waals surface area contributed by atoms with E-state index in [0.717, 1.165) is 48.1 Å². The average molecular weight is 436 g/mol. The van der Waals surface area contributed by atoms with E-state index >= 15 is 0 Å². The van der Waals surface area contributed by atoms with Crippen LogP contribution in [-0.4, -0.2) is 35.7 Å². The third-order valence-electron chi connectivity index (χ3n) is 5.95. The Morgan fingerprint density at radius 2 is 1.83 bits per heavy atom. The Morgan fingerprint density at radius 1 is 1.10 bits per heavy atom. The van der Waals surface area contributed by atoms with E-state index in [1.807, 2.05) is 18.2 Å². The average Bonchev–Trinajstić information content (AvgIpc) is 3.17. The van der Waals surface area contributed by atoms with Crippen LogP contribution in [0.15, 0.2) is 24.3 Å². The molecule has 1 heterocycles. The maximum Gasteiger partial charge on any atom is 0.168 e. The first-order chi connectivity index (χ1) is 13.4. The van der Waals surface area contributed by atoms with Crippen molar-refractivity contribution >= 4 is 29.5 Å². The van der Waals surface area contributed by atoms with Crippen LogP contribution >= 0.6 is 23.7 Å². The quantitative estimate of drug-likeness (QED) is 0.730. The second kappa shape index (κ2) is 9.17. The Bertz CT molecular complexity index is 861. The summed E-state index contributed by atoms with van der Waals surface area (Å²) in [5.41, 5.74) is 3.25. The zero-order valence-corrected chi connectivity index (χ0v) is 18.9. The Hall–Kier alpha value is -1.40. The molecule has 4 rings (SSSR count). The molecular weight excluding hydrogens is 406 g/mol. The third-order valence-corrected chi connectivity index (χ3v) is 7.06. The number of aliphatic hydroxyl groups excluding tert-OH is 1. The van der Waals surface area contributed by atoms with Crippen LogP contribution in [0.5, 0.6) is 5.75 Å². The molecule has 1 saturated carbocycles. The summed E-state index contributed by atoms with van der Waals surface area (Å²) in [6.07, 6.45) is 2.80. The maximum atomic E-state index is 12.8. The number of rotatable bonds is 5. The first kappa shape index (κ1) is 22.3. The van der Waals surface area contributed by atoms with Crippen LogP contribution in [0.4, 0.5) is 0 Å². The van der Waals surface area contributed by atoms with E-state index in [1.54, 1.807) is 11.3 Å². The lowest BCUT2D eigenvalue weighted by Gasteiger charge is -2.25. The second-order valence-corrected chi connectivity index (χ2v) is 9.70. The molecule has 2 N–H and O–H groups in total. The number of nitrogens with one attached hydrogen (secondary N) is 1. The molecule has 1 aromatic heterocycles. The fourth-order valence-electron chi connectivity index (χ4n) is 4.57. The molecule has 6 heteroatoms. The van der Waals surface area contributed by atoms with Gasteiger partial charge in [-0.1, -0.05) is 6.07 Å². The van der Waals surface area contributed by atoms with Crippen LogP contribution in [0.25, 0.3) is 0 Å². The number of carbonyl (C=O) groups is 1. The summed E-state index contributed by atoms with van der Waals surface area (Å²) >= 11 is 1.75. The molecule has 0 spiro atoms. The summed E-state index contributed by atoms with van der Waals surface area (Å²) in [7, 11) is 0. The minimum absolute atomic E-state index is 0. The molecule has 2 aliphatic carbocycles. The number of ether oxygens (including phenoxy) is 1. The zero-order chi connectivity index (χ0) is 19.8. The van der Waals surface area contributed by atoms with Crippen molar-refractivity contribution in [3.8, 4) is 5.75 Å². The van der Waals surface area contributed by atoms with Crippen molar-refractivity contribution in [2.45, 2.75) is 64.7 Å². The van der Waals surface area contributed by atoms with Crippen LogP contribution in [0, 0.1) is 26.7 Å². The number of hydrogen-bond acceptors (Lipinski definition) is 5. The summed E-state index contributed by atoms with van der Waals surface area (Å²) < 4.78 is 6.09. The van der Waals surface area contributed by atoms with Crippen LogP contribution in [0.1, 0.15) is 50.5 Å². The number of aryl methyl sites for hydroxylation is 4. The molecule has 1 fully saturated rings. The van der Waals surface area contributed by atoms with Gasteiger partial charge in [0.25, 0.3) is 0 Å². The standard InChI is InChI=1S/C23H29NO3S.ClH/c1-13-8-14(2)10-17(9-13)27-20-6-5-19(23(20)26)24-12-16-4-7-21-18(22(16)25)11-15(3)28-21;/h8-11,16,19-20,23-24,26H,4-7,12H2,1-3H3;1H/t16?,19-,20-,23-;/m1./s1. The van der Waals surface area contributed by atoms with Gasteiger partial charge in [0.2, 0.25) is 0 Å². The van der Waals surface area contributed by atoms with Gasteiger partial charge < -0.3 is 15.2 Å². The molecule has 0 saturated heterocycles. The molecule has 2 aromatic rings. The number of aliphatic hydroxyl groups is 1. The van der Waals surface area contributed by atoms with Gasteiger partial charge in [-0.2, -0.15) is 0 Å². The number of Topliss-reactive ketones (excluding diaryl/α,β-unsaturated/α-hetero) is 1. The van der Waals surface area contributed by atoms with Crippen LogP contribution < -0.4 is 10.1 Å². The summed E-state index contributed by atoms with van der Waals surface area (Å²) in [6, 6.07) is 8.16. The Morgan fingerprint density at radius 3 is 2.55 bits per heavy atom. The van der Waals surface area contributed by atoms with Gasteiger partial charge in [0.05, 0.1) is 0 Å². The highest BCUT2D eigenvalue weighted by Crippen LogP contribution is 2.32. The molecule has 1 unspecified atom stereocenters. The molecule has 29 heavy (non-hydrogen) atoms. The lowest BCUT2D eigenvalue weighted by Crippen LogP contribution is -2.44. The number of ketones is 1. The molecule has 1 aromatic carbocycles. The lowest BCUT2D eigenvalue weighted by molar-refractivity contribution is 0.0441. The van der Waals surface area contributed by atoms with Crippen molar-refractivity contribution in [3.05, 3.63) is 50.7 Å². The number of thiophene rings is 1. The number of carbonyl (C=O) groups excluding carboxylic acids is 1. The third kappa shape index (κ3) is 4.85. The normalized spacial score (nSPS) is 26.1. The van der Waals surface area contributed by atoms with E-state index in [1.165, 1.54) is 9.75 Å². The monoisotopic (exact) mass is 435 g/mol. The minimum atomic E-state index is -0.557. The highest BCUT2D eigenvalue weighted by Gasteiger charge is 2.37. The van der Waals surface area contributed by atoms with Gasteiger partial charge in [-0.3, -0.25) is 4.79 Å². The van der Waals surface area contributed by atoms with Crippen LogP contribution in [0.2, 0.25) is 0 Å². The minimum Gasteiger partial charge on any atom is -0.488 e. The van der Waals surface area contributed by atoms with Crippen LogP contribution in [0.3, 0.4) is 0 Å². The van der Waals surface area contributed by atoms with Gasteiger partial charge in [-0.05, 0) is 75.8 Å². The van der Waals surface area contributed by atoms with Crippen molar-refractivity contribution in [1.29, 1.82) is 0 Å². The van der Waals surface area contributed by atoms with E-state index in [2.05, 4.69) is 32.2 Å². The van der Waals surface area contributed by atoms with E-state index in [-0.39, 0.29) is 36.3 Å². The maximum absolute atomic E-state index is 12.8. The molecule has 4 nitrogen and oxygen atoms in total. The van der Waals surface area contributed by atoms with Gasteiger partial charge in [-0.15, -0.1) is 23.7 Å². The zero-order valence-electron chi connectivity index (χ0n) is 17.2. The summed E-state index contributed by atoms with van der Waals surface area (Å²) in [5, 5.41) is 14.2. The molecule has 0 amide bonds. The van der Waals surface area contributed by atoms with Crippen LogP contribution in [-0.2, 0) is 6.42 Å². The summed E-state index contributed by atoms with van der Waals surface area (Å²) in [5.74, 6) is 1.09. The fraction of sp³-hybridized carbons (Fsp3) is 0.522. The number of halogens is 1. The molecular formula is C23H30ClNO3S. The Kier molecular flexibility index (Phi) is 7.05. The predicted molar refractivity (Wildman–Crippen MR) is 120 cm³/mol. The summed E-state index contributed by atoms with van der Waals surface area (Å²) in [4.78, 5) is 15.2. The Labute approximate surface area is 183 Å². The highest BCUT2D eigenvalue weighted by molar-refractivity contribution is 7.12. The molecule has 2 aliphatic rings. The van der Waals surface area contributed by atoms with Crippen molar-refractivity contribution in [3.63, 3.8) is 0 Å². The Balaban J connectivity index is 0.00000240. The second-order valence-electron chi connectivity index (χ2n) is 8.36. The van der Waals surface area contributed by atoms with Gasteiger partial charge in [0, 0.05) is 33.8 Å². The smallest absolute Gasteiger partial charge is 0.168 e.